The summed E-state index contributed by atoms with van der Waals surface area (Å²) >= 11 is 0. The van der Waals surface area contributed by atoms with Crippen LogP contribution in [-0.4, -0.2) is 31.3 Å². The number of ketones is 1. The monoisotopic (exact) mass is 389 g/mol. The molecule has 0 aromatic heterocycles. The molecule has 0 amide bonds. The van der Waals surface area contributed by atoms with Gasteiger partial charge in [0, 0.05) is 24.4 Å². The number of hydrogen-bond acceptors (Lipinski definition) is 4. The zero-order chi connectivity index (χ0) is 19.9. The molecule has 0 aliphatic carbocycles. The minimum Gasteiger partial charge on any atom is -0.481 e. The van der Waals surface area contributed by atoms with Gasteiger partial charge in [-0.2, -0.15) is 0 Å². The van der Waals surface area contributed by atoms with Crippen molar-refractivity contribution in [3.05, 3.63) is 65.7 Å². The van der Waals surface area contributed by atoms with E-state index in [9.17, 15) is 18.0 Å². The summed E-state index contributed by atoms with van der Waals surface area (Å²) in [4.78, 5) is 22.8. The number of carboxylic acid groups (broad SMARTS) is 1. The molecule has 0 bridgehead atoms. The van der Waals surface area contributed by atoms with Crippen molar-refractivity contribution in [1.82, 2.24) is 4.72 Å². The Balaban J connectivity index is 2.23. The van der Waals surface area contributed by atoms with E-state index in [2.05, 4.69) is 4.72 Å². The van der Waals surface area contributed by atoms with Crippen molar-refractivity contribution in [1.29, 1.82) is 0 Å². The van der Waals surface area contributed by atoms with E-state index in [0.717, 1.165) is 5.56 Å². The molecule has 0 aliphatic heterocycles. The van der Waals surface area contributed by atoms with Gasteiger partial charge in [0.05, 0.1) is 4.90 Å². The quantitative estimate of drug-likeness (QED) is 0.608. The van der Waals surface area contributed by atoms with Crippen molar-refractivity contribution < 1.29 is 23.1 Å². The topological polar surface area (TPSA) is 101 Å². The Labute approximate surface area is 159 Å². The number of carbonyl (C=O) groups is 2. The normalized spacial score (nSPS) is 12.5. The average molecular weight is 389 g/mol. The van der Waals surface area contributed by atoms with Crippen LogP contribution in [0.1, 0.15) is 42.1 Å². The summed E-state index contributed by atoms with van der Waals surface area (Å²) in [6, 6.07) is 14.6. The van der Waals surface area contributed by atoms with Crippen molar-refractivity contribution in [2.75, 3.05) is 0 Å². The SMILES string of the molecule is CCC(=O)c1cccc(S(=O)(=O)NC(CCC(=O)O)Cc2ccccc2)c1. The van der Waals surface area contributed by atoms with Crippen LogP contribution in [-0.2, 0) is 21.2 Å². The van der Waals surface area contributed by atoms with E-state index in [1.807, 2.05) is 30.3 Å². The molecule has 2 rings (SSSR count). The highest BCUT2D eigenvalue weighted by atomic mass is 32.2. The first-order valence-corrected chi connectivity index (χ1v) is 10.2. The number of carboxylic acids is 1. The standard InChI is InChI=1S/C20H23NO5S/c1-2-19(22)16-9-6-10-18(14-16)27(25,26)21-17(11-12-20(23)24)13-15-7-4-3-5-8-15/h3-10,14,17,21H,2,11-13H2,1H3,(H,23,24). The fraction of sp³-hybridized carbons (Fsp3) is 0.300. The number of hydrogen-bond donors (Lipinski definition) is 2. The van der Waals surface area contributed by atoms with Crippen LogP contribution < -0.4 is 4.72 Å². The van der Waals surface area contributed by atoms with Gasteiger partial charge in [-0.05, 0) is 30.5 Å². The minimum absolute atomic E-state index is 0.00446. The number of rotatable bonds is 10. The fourth-order valence-corrected chi connectivity index (χ4v) is 4.04. The van der Waals surface area contributed by atoms with Crippen molar-refractivity contribution >= 4 is 21.8 Å². The van der Waals surface area contributed by atoms with Gasteiger partial charge in [0.2, 0.25) is 10.0 Å². The first-order chi connectivity index (χ1) is 12.8. The summed E-state index contributed by atoms with van der Waals surface area (Å²) in [5.74, 6) is -1.12. The van der Waals surface area contributed by atoms with Crippen LogP contribution in [0.15, 0.2) is 59.5 Å². The maximum absolute atomic E-state index is 12.8. The second kappa shape index (κ2) is 9.43. The van der Waals surface area contributed by atoms with Gasteiger partial charge in [-0.1, -0.05) is 49.4 Å². The van der Waals surface area contributed by atoms with Crippen LogP contribution in [0.3, 0.4) is 0 Å². The highest BCUT2D eigenvalue weighted by molar-refractivity contribution is 7.89. The number of carbonyl (C=O) groups excluding carboxylic acids is 1. The van der Waals surface area contributed by atoms with E-state index in [1.165, 1.54) is 18.2 Å². The molecular weight excluding hydrogens is 366 g/mol. The van der Waals surface area contributed by atoms with Crippen molar-refractivity contribution in [2.24, 2.45) is 0 Å². The Kier molecular flexibility index (Phi) is 7.27. The van der Waals surface area contributed by atoms with Crippen molar-refractivity contribution in [3.63, 3.8) is 0 Å². The molecule has 2 aromatic rings. The molecule has 0 radical (unpaired) electrons. The van der Waals surface area contributed by atoms with Gasteiger partial charge in [0.25, 0.3) is 0 Å². The van der Waals surface area contributed by atoms with E-state index in [-0.39, 0.29) is 29.9 Å². The third-order valence-corrected chi connectivity index (χ3v) is 5.66. The number of aliphatic carboxylic acids is 1. The van der Waals surface area contributed by atoms with Crippen LogP contribution in [0, 0.1) is 0 Å². The van der Waals surface area contributed by atoms with Gasteiger partial charge in [0.1, 0.15) is 0 Å². The van der Waals surface area contributed by atoms with Crippen LogP contribution in [0.2, 0.25) is 0 Å². The minimum atomic E-state index is -3.89. The zero-order valence-electron chi connectivity index (χ0n) is 15.1. The van der Waals surface area contributed by atoms with Crippen LogP contribution in [0.5, 0.6) is 0 Å². The summed E-state index contributed by atoms with van der Waals surface area (Å²) in [6.45, 7) is 1.71. The predicted octanol–water partition coefficient (Wildman–Crippen LogP) is 3.03. The van der Waals surface area contributed by atoms with Gasteiger partial charge in [0.15, 0.2) is 5.78 Å². The van der Waals surface area contributed by atoms with Crippen LogP contribution >= 0.6 is 0 Å². The summed E-state index contributed by atoms with van der Waals surface area (Å²) in [7, 11) is -3.89. The zero-order valence-corrected chi connectivity index (χ0v) is 15.9. The first-order valence-electron chi connectivity index (χ1n) is 8.73. The second-order valence-corrected chi connectivity index (χ2v) is 7.96. The fourth-order valence-electron chi connectivity index (χ4n) is 2.73. The largest absolute Gasteiger partial charge is 0.481 e. The van der Waals surface area contributed by atoms with E-state index in [1.54, 1.807) is 13.0 Å². The Hall–Kier alpha value is -2.51. The Morgan fingerprint density at radius 2 is 1.78 bits per heavy atom. The average Bonchev–Trinajstić information content (AvgIpc) is 2.66. The van der Waals surface area contributed by atoms with E-state index < -0.39 is 22.0 Å². The third kappa shape index (κ3) is 6.30. The molecule has 2 N–H and O–H groups in total. The number of sulfonamides is 1. The van der Waals surface area contributed by atoms with Crippen molar-refractivity contribution in [3.8, 4) is 0 Å². The van der Waals surface area contributed by atoms with Gasteiger partial charge < -0.3 is 5.11 Å². The number of benzene rings is 2. The molecule has 6 nitrogen and oxygen atoms in total. The molecule has 0 fully saturated rings. The molecule has 0 saturated carbocycles. The molecule has 0 spiro atoms. The van der Waals surface area contributed by atoms with Gasteiger partial charge >= 0.3 is 5.97 Å². The summed E-state index contributed by atoms with van der Waals surface area (Å²) in [5, 5.41) is 8.95. The van der Waals surface area contributed by atoms with Crippen molar-refractivity contribution in [2.45, 2.75) is 43.5 Å². The Morgan fingerprint density at radius 3 is 2.41 bits per heavy atom. The lowest BCUT2D eigenvalue weighted by molar-refractivity contribution is -0.137. The summed E-state index contributed by atoms with van der Waals surface area (Å²) in [5.41, 5.74) is 1.25. The van der Waals surface area contributed by atoms with Crippen LogP contribution in [0.4, 0.5) is 0 Å². The molecule has 1 unspecified atom stereocenters. The van der Waals surface area contributed by atoms with E-state index >= 15 is 0 Å². The lowest BCUT2D eigenvalue weighted by atomic mass is 10.0. The highest BCUT2D eigenvalue weighted by Crippen LogP contribution is 2.16. The van der Waals surface area contributed by atoms with E-state index in [4.69, 9.17) is 5.11 Å². The number of nitrogens with one attached hydrogen (secondary N) is 1. The third-order valence-electron chi connectivity index (χ3n) is 4.14. The molecular formula is C20H23NO5S. The molecule has 144 valence electrons. The summed E-state index contributed by atoms with van der Waals surface area (Å²) in [6.07, 6.45) is 0.679. The lowest BCUT2D eigenvalue weighted by Gasteiger charge is -2.18. The maximum atomic E-state index is 12.8. The molecule has 0 aliphatic rings. The molecule has 0 heterocycles. The van der Waals surface area contributed by atoms with E-state index in [0.29, 0.717) is 12.0 Å². The second-order valence-electron chi connectivity index (χ2n) is 6.24. The highest BCUT2D eigenvalue weighted by Gasteiger charge is 2.22. The van der Waals surface area contributed by atoms with Gasteiger partial charge in [-0.15, -0.1) is 0 Å². The molecule has 2 aromatic carbocycles. The smallest absolute Gasteiger partial charge is 0.303 e. The first kappa shape index (κ1) is 20.8. The summed E-state index contributed by atoms with van der Waals surface area (Å²) < 4.78 is 28.1. The predicted molar refractivity (Wildman–Crippen MR) is 102 cm³/mol. The van der Waals surface area contributed by atoms with Crippen LogP contribution in [0.25, 0.3) is 0 Å². The maximum Gasteiger partial charge on any atom is 0.303 e. The Morgan fingerprint density at radius 1 is 1.07 bits per heavy atom. The molecule has 0 saturated heterocycles. The number of Topliss-reactive ketones (excluding diaryl/α,β-unsaturated/α-hetero) is 1. The lowest BCUT2D eigenvalue weighted by Crippen LogP contribution is -2.37. The Bertz CT molecular complexity index is 894. The molecule has 27 heavy (non-hydrogen) atoms. The molecule has 7 heteroatoms. The van der Waals surface area contributed by atoms with Gasteiger partial charge in [-0.25, -0.2) is 13.1 Å². The molecule has 1 atom stereocenters. The van der Waals surface area contributed by atoms with Gasteiger partial charge in [-0.3, -0.25) is 9.59 Å².